The SMILES string of the molecule is CC(C)=Nc1ccc(-c2ccn3nc(N)nc(N)c23)nc1C.CC1(CCC2CC2)CCCCC1.CCC(F)F. The maximum absolute atomic E-state index is 10.8. The van der Waals surface area contributed by atoms with Crippen LogP contribution in [0.15, 0.2) is 29.4 Å². The molecule has 3 heterocycles. The summed E-state index contributed by atoms with van der Waals surface area (Å²) in [6.07, 6.45) is 13.3. The number of aromatic nitrogens is 4. The topological polar surface area (TPSA) is 107 Å². The number of nitrogens with zero attached hydrogens (tertiary/aromatic N) is 5. The van der Waals surface area contributed by atoms with Crippen LogP contribution in [0.2, 0.25) is 0 Å². The number of pyridine rings is 1. The lowest BCUT2D eigenvalue weighted by molar-refractivity contribution is 0.144. The van der Waals surface area contributed by atoms with Crippen molar-refractivity contribution in [2.75, 3.05) is 11.5 Å². The van der Waals surface area contributed by atoms with Crippen LogP contribution in [0.3, 0.4) is 0 Å². The third-order valence-corrected chi connectivity index (χ3v) is 7.45. The summed E-state index contributed by atoms with van der Waals surface area (Å²) in [6, 6.07) is 5.76. The minimum absolute atomic E-state index is 0.0278. The molecule has 2 fully saturated rings. The molecule has 0 unspecified atom stereocenters. The highest BCUT2D eigenvalue weighted by molar-refractivity contribution is 5.87. The molecule has 0 spiro atoms. The Labute approximate surface area is 231 Å². The number of nitrogen functional groups attached to an aromatic ring is 2. The molecule has 9 heteroatoms. The molecule has 0 atom stereocenters. The highest BCUT2D eigenvalue weighted by atomic mass is 19.3. The molecular weight excluding hydrogens is 496 g/mol. The number of anilines is 2. The van der Waals surface area contributed by atoms with E-state index in [0.717, 1.165) is 39.7 Å². The minimum atomic E-state index is -2.12. The number of halogens is 2. The first-order valence-electron chi connectivity index (χ1n) is 14.2. The fourth-order valence-electron chi connectivity index (χ4n) is 4.95. The average Bonchev–Trinajstić information content (AvgIpc) is 3.62. The van der Waals surface area contributed by atoms with E-state index >= 15 is 0 Å². The van der Waals surface area contributed by atoms with Crippen LogP contribution in [0.1, 0.15) is 97.6 Å². The zero-order chi connectivity index (χ0) is 28.6. The van der Waals surface area contributed by atoms with Gasteiger partial charge in [-0.15, -0.1) is 5.10 Å². The largest absolute Gasteiger partial charge is 0.382 e. The number of hydrogen-bond donors (Lipinski definition) is 2. The zero-order valence-corrected chi connectivity index (χ0v) is 24.2. The number of hydrogen-bond acceptors (Lipinski definition) is 6. The van der Waals surface area contributed by atoms with Crippen LogP contribution in [0.5, 0.6) is 0 Å². The van der Waals surface area contributed by atoms with E-state index in [1.54, 1.807) is 10.7 Å². The molecule has 3 aromatic heterocycles. The van der Waals surface area contributed by atoms with Crippen LogP contribution in [0.25, 0.3) is 16.8 Å². The first-order valence-corrected chi connectivity index (χ1v) is 14.2. The van der Waals surface area contributed by atoms with Crippen molar-refractivity contribution in [3.8, 4) is 11.3 Å². The quantitative estimate of drug-likeness (QED) is 0.306. The van der Waals surface area contributed by atoms with E-state index in [2.05, 4.69) is 27.0 Å². The summed E-state index contributed by atoms with van der Waals surface area (Å²) in [6.45, 7) is 9.81. The van der Waals surface area contributed by atoms with Gasteiger partial charge in [0.1, 0.15) is 5.52 Å². The maximum atomic E-state index is 10.8. The van der Waals surface area contributed by atoms with Crippen LogP contribution in [-0.2, 0) is 0 Å². The van der Waals surface area contributed by atoms with Crippen molar-refractivity contribution in [2.45, 2.75) is 105 Å². The number of fused-ring (bicyclic) bond motifs is 1. The molecule has 3 aromatic rings. The third kappa shape index (κ3) is 9.25. The van der Waals surface area contributed by atoms with Crippen molar-refractivity contribution in [3.05, 3.63) is 30.1 Å². The first-order chi connectivity index (χ1) is 18.5. The molecule has 0 amide bonds. The molecule has 5 rings (SSSR count). The van der Waals surface area contributed by atoms with Crippen molar-refractivity contribution in [1.82, 2.24) is 19.6 Å². The second-order valence-corrected chi connectivity index (χ2v) is 11.4. The monoisotopic (exact) mass is 541 g/mol. The van der Waals surface area contributed by atoms with Crippen LogP contribution < -0.4 is 11.5 Å². The Morgan fingerprint density at radius 1 is 1.10 bits per heavy atom. The van der Waals surface area contributed by atoms with Crippen molar-refractivity contribution < 1.29 is 8.78 Å². The summed E-state index contributed by atoms with van der Waals surface area (Å²) < 4.78 is 23.1. The van der Waals surface area contributed by atoms with Crippen molar-refractivity contribution in [2.24, 2.45) is 16.3 Å². The first kappa shape index (κ1) is 30.4. The van der Waals surface area contributed by atoms with Crippen LogP contribution in [0, 0.1) is 18.3 Å². The molecular formula is C30H45F2N7. The Bertz CT molecular complexity index is 1240. The molecule has 2 saturated carbocycles. The number of aliphatic imine (C=N–C) groups is 1. The summed E-state index contributed by atoms with van der Waals surface area (Å²) >= 11 is 0. The van der Waals surface area contributed by atoms with Gasteiger partial charge >= 0.3 is 0 Å². The second kappa shape index (κ2) is 13.8. The normalized spacial score (nSPS) is 16.2. The van der Waals surface area contributed by atoms with Gasteiger partial charge in [0, 0.05) is 23.9 Å². The van der Waals surface area contributed by atoms with Gasteiger partial charge in [-0.1, -0.05) is 46.0 Å². The molecule has 4 N–H and O–H groups in total. The molecule has 7 nitrogen and oxygen atoms in total. The highest BCUT2D eigenvalue weighted by Gasteiger charge is 2.30. The lowest BCUT2D eigenvalue weighted by atomic mass is 9.72. The van der Waals surface area contributed by atoms with Crippen molar-refractivity contribution in [1.29, 1.82) is 0 Å². The van der Waals surface area contributed by atoms with Gasteiger partial charge in [-0.2, -0.15) is 4.98 Å². The zero-order valence-electron chi connectivity index (χ0n) is 24.2. The number of aryl methyl sites for hydroxylation is 1. The molecule has 0 saturated heterocycles. The average molecular weight is 542 g/mol. The van der Waals surface area contributed by atoms with E-state index in [1.807, 2.05) is 39.0 Å². The molecule has 2 aliphatic rings. The molecule has 0 bridgehead atoms. The van der Waals surface area contributed by atoms with Gasteiger partial charge in [0.25, 0.3) is 0 Å². The summed E-state index contributed by atoms with van der Waals surface area (Å²) in [7, 11) is 0. The molecule has 39 heavy (non-hydrogen) atoms. The van der Waals surface area contributed by atoms with E-state index in [1.165, 1.54) is 64.7 Å². The molecule has 0 aliphatic heterocycles. The standard InChI is InChI=1S/C15H17N7.C12H22.C3H6F2/c1-8(2)18-11-4-5-12(19-9(11)3)10-6-7-22-13(10)14(16)20-15(17)21-22;1-12(8-3-2-4-9-12)10-7-11-5-6-11;1-2-3(4)5/h4-7H,1-3H3,(H4,16,17,20,21);11H,2-10H2,1H3;3H,2H2,1H3. The van der Waals surface area contributed by atoms with Gasteiger partial charge < -0.3 is 11.5 Å². The summed E-state index contributed by atoms with van der Waals surface area (Å²) in [4.78, 5) is 13.1. The lowest BCUT2D eigenvalue weighted by Crippen LogP contribution is -2.19. The van der Waals surface area contributed by atoms with E-state index in [9.17, 15) is 8.78 Å². The Morgan fingerprint density at radius 2 is 1.77 bits per heavy atom. The van der Waals surface area contributed by atoms with E-state index in [0.29, 0.717) is 11.3 Å². The number of alkyl halides is 2. The maximum Gasteiger partial charge on any atom is 0.240 e. The van der Waals surface area contributed by atoms with Gasteiger partial charge in [0.2, 0.25) is 12.4 Å². The molecule has 2 aliphatic carbocycles. The summed E-state index contributed by atoms with van der Waals surface area (Å²) in [5.74, 6) is 1.61. The third-order valence-electron chi connectivity index (χ3n) is 7.45. The Morgan fingerprint density at radius 3 is 2.33 bits per heavy atom. The Balaban J connectivity index is 0.000000206. The molecule has 0 radical (unpaired) electrons. The lowest BCUT2D eigenvalue weighted by Gasteiger charge is -2.33. The summed E-state index contributed by atoms with van der Waals surface area (Å²) in [5.41, 5.74) is 17.4. The van der Waals surface area contributed by atoms with Gasteiger partial charge in [-0.05, 0) is 76.0 Å². The van der Waals surface area contributed by atoms with Crippen LogP contribution in [0.4, 0.5) is 26.2 Å². The minimum Gasteiger partial charge on any atom is -0.382 e. The fraction of sp³-hybridized carbons (Fsp3) is 0.600. The summed E-state index contributed by atoms with van der Waals surface area (Å²) in [5, 5.41) is 4.12. The smallest absolute Gasteiger partial charge is 0.240 e. The molecule has 0 aromatic carbocycles. The number of nitrogens with two attached hydrogens (primary N) is 2. The van der Waals surface area contributed by atoms with Gasteiger partial charge in [0.15, 0.2) is 5.82 Å². The second-order valence-electron chi connectivity index (χ2n) is 11.4. The predicted octanol–water partition coefficient (Wildman–Crippen LogP) is 8.18. The van der Waals surface area contributed by atoms with Crippen LogP contribution in [-0.4, -0.2) is 31.7 Å². The van der Waals surface area contributed by atoms with E-state index in [-0.39, 0.29) is 12.4 Å². The van der Waals surface area contributed by atoms with Gasteiger partial charge in [-0.25, -0.2) is 13.3 Å². The number of rotatable bonds is 6. The van der Waals surface area contributed by atoms with Gasteiger partial charge in [-0.3, -0.25) is 9.98 Å². The van der Waals surface area contributed by atoms with Crippen LogP contribution >= 0.6 is 0 Å². The molecule has 214 valence electrons. The Hall–Kier alpha value is -3.10. The fourth-order valence-corrected chi connectivity index (χ4v) is 4.95. The van der Waals surface area contributed by atoms with E-state index in [4.69, 9.17) is 11.5 Å². The highest BCUT2D eigenvalue weighted by Crippen LogP contribution is 2.44. The van der Waals surface area contributed by atoms with E-state index < -0.39 is 6.43 Å². The predicted molar refractivity (Wildman–Crippen MR) is 158 cm³/mol. The van der Waals surface area contributed by atoms with Crippen molar-refractivity contribution >= 4 is 28.7 Å². The van der Waals surface area contributed by atoms with Gasteiger partial charge in [0.05, 0.1) is 17.1 Å². The van der Waals surface area contributed by atoms with Crippen molar-refractivity contribution in [3.63, 3.8) is 0 Å². The Kier molecular flexibility index (Phi) is 10.8.